The van der Waals surface area contributed by atoms with Crippen molar-refractivity contribution in [1.29, 1.82) is 0 Å². The molecule has 0 bridgehead atoms. The molecule has 1 saturated heterocycles. The van der Waals surface area contributed by atoms with Gasteiger partial charge in [-0.25, -0.2) is 13.1 Å². The zero-order chi connectivity index (χ0) is 17.4. The van der Waals surface area contributed by atoms with Gasteiger partial charge in [0.2, 0.25) is 15.9 Å². The van der Waals surface area contributed by atoms with Gasteiger partial charge in [0.05, 0.1) is 11.4 Å². The number of hydrogen-bond donors (Lipinski definition) is 0. The fourth-order valence-electron chi connectivity index (χ4n) is 3.03. The number of carbonyl (C=O) groups excluding carboxylic acids is 1. The molecule has 130 valence electrons. The SMILES string of the molecule is Cc1nn(C(=O)CC(C)C)c(C)c1S(=O)(=O)N1CCC(C)CC1. The summed E-state index contributed by atoms with van der Waals surface area (Å²) in [6, 6.07) is 0. The second-order valence-corrected chi connectivity index (χ2v) is 8.86. The molecule has 1 aromatic rings. The maximum Gasteiger partial charge on any atom is 0.247 e. The van der Waals surface area contributed by atoms with Gasteiger partial charge < -0.3 is 0 Å². The summed E-state index contributed by atoms with van der Waals surface area (Å²) in [5, 5.41) is 4.20. The Morgan fingerprint density at radius 2 is 1.83 bits per heavy atom. The number of hydrogen-bond acceptors (Lipinski definition) is 4. The molecule has 2 heterocycles. The van der Waals surface area contributed by atoms with Crippen LogP contribution in [0, 0.1) is 25.7 Å². The average Bonchev–Trinajstić information content (AvgIpc) is 2.74. The molecule has 0 radical (unpaired) electrons. The largest absolute Gasteiger partial charge is 0.273 e. The first-order valence-electron chi connectivity index (χ1n) is 8.24. The van der Waals surface area contributed by atoms with E-state index in [1.165, 1.54) is 8.99 Å². The van der Waals surface area contributed by atoms with Gasteiger partial charge in [-0.2, -0.15) is 9.40 Å². The van der Waals surface area contributed by atoms with Crippen molar-refractivity contribution < 1.29 is 13.2 Å². The van der Waals surface area contributed by atoms with Gasteiger partial charge in [-0.3, -0.25) is 4.79 Å². The number of sulfonamides is 1. The second kappa shape index (κ2) is 6.73. The predicted molar refractivity (Wildman–Crippen MR) is 88.9 cm³/mol. The Kier molecular flexibility index (Phi) is 5.30. The van der Waals surface area contributed by atoms with Crippen LogP contribution in [0.2, 0.25) is 0 Å². The summed E-state index contributed by atoms with van der Waals surface area (Å²) in [7, 11) is -3.59. The zero-order valence-electron chi connectivity index (χ0n) is 14.7. The van der Waals surface area contributed by atoms with E-state index in [1.807, 2.05) is 13.8 Å². The van der Waals surface area contributed by atoms with Crippen LogP contribution < -0.4 is 0 Å². The Morgan fingerprint density at radius 1 is 1.26 bits per heavy atom. The van der Waals surface area contributed by atoms with Crippen LogP contribution in [0.3, 0.4) is 0 Å². The molecule has 0 amide bonds. The van der Waals surface area contributed by atoms with E-state index in [4.69, 9.17) is 0 Å². The normalized spacial score (nSPS) is 17.8. The minimum absolute atomic E-state index is 0.158. The van der Waals surface area contributed by atoms with Crippen molar-refractivity contribution in [2.75, 3.05) is 13.1 Å². The predicted octanol–water partition coefficient (Wildman–Crippen LogP) is 2.61. The minimum atomic E-state index is -3.59. The molecule has 0 N–H and O–H groups in total. The summed E-state index contributed by atoms with van der Waals surface area (Å²) >= 11 is 0. The van der Waals surface area contributed by atoms with Gasteiger partial charge in [0, 0.05) is 19.5 Å². The Morgan fingerprint density at radius 3 is 2.35 bits per heavy atom. The smallest absolute Gasteiger partial charge is 0.247 e. The van der Waals surface area contributed by atoms with Crippen molar-refractivity contribution in [2.45, 2.75) is 58.8 Å². The number of aryl methyl sites for hydroxylation is 1. The highest BCUT2D eigenvalue weighted by Crippen LogP contribution is 2.27. The topological polar surface area (TPSA) is 72.3 Å². The molecule has 7 heteroatoms. The highest BCUT2D eigenvalue weighted by atomic mass is 32.2. The highest BCUT2D eigenvalue weighted by molar-refractivity contribution is 7.89. The van der Waals surface area contributed by atoms with E-state index in [9.17, 15) is 13.2 Å². The molecule has 1 aliphatic rings. The maximum absolute atomic E-state index is 13.0. The third-order valence-corrected chi connectivity index (χ3v) is 6.54. The first-order valence-corrected chi connectivity index (χ1v) is 9.68. The molecule has 0 aliphatic carbocycles. The third kappa shape index (κ3) is 3.66. The van der Waals surface area contributed by atoms with Gasteiger partial charge in [-0.05, 0) is 38.5 Å². The fraction of sp³-hybridized carbons (Fsp3) is 0.750. The highest BCUT2D eigenvalue weighted by Gasteiger charge is 2.33. The minimum Gasteiger partial charge on any atom is -0.273 e. The Labute approximate surface area is 138 Å². The lowest BCUT2D eigenvalue weighted by Gasteiger charge is -2.29. The molecule has 0 aromatic carbocycles. The van der Waals surface area contributed by atoms with Crippen LogP contribution >= 0.6 is 0 Å². The van der Waals surface area contributed by atoms with Crippen LogP contribution in [-0.4, -0.2) is 41.5 Å². The van der Waals surface area contributed by atoms with Gasteiger partial charge in [-0.15, -0.1) is 0 Å². The summed E-state index contributed by atoms with van der Waals surface area (Å²) in [4.78, 5) is 12.5. The molecule has 0 atom stereocenters. The van der Waals surface area contributed by atoms with Gasteiger partial charge in [0.15, 0.2) is 0 Å². The van der Waals surface area contributed by atoms with Crippen molar-refractivity contribution >= 4 is 15.9 Å². The van der Waals surface area contributed by atoms with Crippen LogP contribution in [0.25, 0.3) is 0 Å². The lowest BCUT2D eigenvalue weighted by atomic mass is 10.0. The second-order valence-electron chi connectivity index (χ2n) is 6.99. The van der Waals surface area contributed by atoms with Crippen molar-refractivity contribution in [2.24, 2.45) is 11.8 Å². The molecule has 1 aliphatic heterocycles. The van der Waals surface area contributed by atoms with Crippen LogP contribution in [0.15, 0.2) is 4.90 Å². The van der Waals surface area contributed by atoms with E-state index in [0.29, 0.717) is 36.8 Å². The van der Waals surface area contributed by atoms with Crippen molar-refractivity contribution in [3.05, 3.63) is 11.4 Å². The van der Waals surface area contributed by atoms with Crippen LogP contribution in [0.4, 0.5) is 0 Å². The van der Waals surface area contributed by atoms with Gasteiger partial charge in [0.25, 0.3) is 0 Å². The van der Waals surface area contributed by atoms with Gasteiger partial charge in [0.1, 0.15) is 4.90 Å². The molecule has 0 spiro atoms. The van der Waals surface area contributed by atoms with E-state index in [1.54, 1.807) is 13.8 Å². The third-order valence-electron chi connectivity index (χ3n) is 4.38. The van der Waals surface area contributed by atoms with Crippen molar-refractivity contribution in [3.63, 3.8) is 0 Å². The molecular weight excluding hydrogens is 314 g/mol. The van der Waals surface area contributed by atoms with Gasteiger partial charge in [-0.1, -0.05) is 20.8 Å². The first kappa shape index (κ1) is 18.1. The number of rotatable bonds is 4. The summed E-state index contributed by atoms with van der Waals surface area (Å²) < 4.78 is 28.7. The van der Waals surface area contributed by atoms with Crippen LogP contribution in [-0.2, 0) is 10.0 Å². The fourth-order valence-corrected chi connectivity index (χ4v) is 4.86. The zero-order valence-corrected chi connectivity index (χ0v) is 15.5. The first-order chi connectivity index (χ1) is 10.6. The van der Waals surface area contributed by atoms with Crippen LogP contribution in [0.5, 0.6) is 0 Å². The summed E-state index contributed by atoms with van der Waals surface area (Å²) in [5.41, 5.74) is 0.824. The number of piperidine rings is 1. The summed E-state index contributed by atoms with van der Waals surface area (Å²) in [6.45, 7) is 10.4. The van der Waals surface area contributed by atoms with E-state index in [0.717, 1.165) is 12.8 Å². The molecule has 2 rings (SSSR count). The molecule has 0 saturated carbocycles. The van der Waals surface area contributed by atoms with E-state index >= 15 is 0 Å². The average molecular weight is 341 g/mol. The molecule has 23 heavy (non-hydrogen) atoms. The van der Waals surface area contributed by atoms with E-state index < -0.39 is 10.0 Å². The Bertz CT molecular complexity index is 684. The molecule has 1 fully saturated rings. The maximum atomic E-state index is 13.0. The van der Waals surface area contributed by atoms with Crippen molar-refractivity contribution in [1.82, 2.24) is 14.1 Å². The van der Waals surface area contributed by atoms with Crippen LogP contribution in [0.1, 0.15) is 56.2 Å². The number of nitrogens with zero attached hydrogens (tertiary/aromatic N) is 3. The Hall–Kier alpha value is -1.21. The lowest BCUT2D eigenvalue weighted by molar-refractivity contribution is 0.0867. The molecular formula is C16H27N3O3S. The Balaban J connectivity index is 2.36. The number of aromatic nitrogens is 2. The monoisotopic (exact) mass is 341 g/mol. The van der Waals surface area contributed by atoms with Crippen molar-refractivity contribution in [3.8, 4) is 0 Å². The molecule has 6 nitrogen and oxygen atoms in total. The lowest BCUT2D eigenvalue weighted by Crippen LogP contribution is -2.38. The van der Waals surface area contributed by atoms with Gasteiger partial charge >= 0.3 is 0 Å². The summed E-state index contributed by atoms with van der Waals surface area (Å²) in [5.74, 6) is 0.600. The molecule has 0 unspecified atom stereocenters. The molecule has 1 aromatic heterocycles. The summed E-state index contributed by atoms with van der Waals surface area (Å²) in [6.07, 6.45) is 2.10. The van der Waals surface area contributed by atoms with E-state index in [2.05, 4.69) is 12.0 Å². The number of carbonyl (C=O) groups is 1. The van der Waals surface area contributed by atoms with E-state index in [-0.39, 0.29) is 16.7 Å². The standard InChI is InChI=1S/C16H27N3O3S/c1-11(2)10-15(20)19-14(5)16(13(4)17-19)23(21,22)18-8-6-12(3)7-9-18/h11-12H,6-10H2,1-5H3. The quantitative estimate of drug-likeness (QED) is 0.844.